The lowest BCUT2D eigenvalue weighted by molar-refractivity contribution is 0.474. The molecular weight excluding hydrogens is 208 g/mol. The van der Waals surface area contributed by atoms with Crippen LogP contribution >= 0.6 is 0 Å². The molecule has 0 atom stereocenters. The molecule has 0 bridgehead atoms. The van der Waals surface area contributed by atoms with E-state index in [1.807, 2.05) is 0 Å². The van der Waals surface area contributed by atoms with Gasteiger partial charge in [0, 0.05) is 12.3 Å². The smallest absolute Gasteiger partial charge is 0.332 e. The van der Waals surface area contributed by atoms with Gasteiger partial charge in [-0.1, -0.05) is 0 Å². The topological polar surface area (TPSA) is 75.1 Å². The minimum atomic E-state index is -0.499. The van der Waals surface area contributed by atoms with E-state index >= 15 is 0 Å². The molecular formula is C11H10N2O3. The molecule has 1 heterocycles. The molecule has 0 aliphatic rings. The number of aromatic amines is 1. The van der Waals surface area contributed by atoms with Crippen molar-refractivity contribution in [3.8, 4) is 11.4 Å². The minimum Gasteiger partial charge on any atom is -0.508 e. The van der Waals surface area contributed by atoms with Gasteiger partial charge in [0.25, 0.3) is 5.56 Å². The van der Waals surface area contributed by atoms with E-state index in [9.17, 15) is 14.7 Å². The molecule has 82 valence electrons. The number of hydrogen-bond acceptors (Lipinski definition) is 3. The Balaban J connectivity index is 2.68. The highest BCUT2D eigenvalue weighted by Gasteiger charge is 2.03. The van der Waals surface area contributed by atoms with Gasteiger partial charge >= 0.3 is 5.69 Å². The molecule has 0 spiro atoms. The molecule has 2 rings (SSSR count). The number of H-pyrrole nitrogens is 1. The Morgan fingerprint density at radius 3 is 2.62 bits per heavy atom. The predicted octanol–water partition coefficient (Wildman–Crippen LogP) is 0.540. The fourth-order valence-corrected chi connectivity index (χ4v) is 1.52. The SMILES string of the molecule is Cc1cc(O)ccc1-n1ccc(=O)[nH]c1=O. The van der Waals surface area contributed by atoms with Crippen LogP contribution in [0.3, 0.4) is 0 Å². The lowest BCUT2D eigenvalue weighted by Crippen LogP contribution is -2.27. The summed E-state index contributed by atoms with van der Waals surface area (Å²) in [7, 11) is 0. The number of phenolic OH excluding ortho intramolecular Hbond substituents is 1. The summed E-state index contributed by atoms with van der Waals surface area (Å²) in [5, 5.41) is 9.25. The van der Waals surface area contributed by atoms with Crippen LogP contribution in [-0.2, 0) is 0 Å². The maximum Gasteiger partial charge on any atom is 0.332 e. The first kappa shape index (κ1) is 10.2. The van der Waals surface area contributed by atoms with E-state index < -0.39 is 11.2 Å². The van der Waals surface area contributed by atoms with E-state index in [1.165, 1.54) is 22.9 Å². The van der Waals surface area contributed by atoms with Crippen LogP contribution in [0.5, 0.6) is 5.75 Å². The highest BCUT2D eigenvalue weighted by Crippen LogP contribution is 2.17. The number of benzene rings is 1. The summed E-state index contributed by atoms with van der Waals surface area (Å²) in [6, 6.07) is 5.92. The van der Waals surface area contributed by atoms with Crippen LogP contribution in [0.1, 0.15) is 5.56 Å². The molecule has 1 aromatic carbocycles. The van der Waals surface area contributed by atoms with Crippen molar-refractivity contribution in [1.82, 2.24) is 9.55 Å². The molecule has 16 heavy (non-hydrogen) atoms. The third-order valence-electron chi connectivity index (χ3n) is 2.26. The van der Waals surface area contributed by atoms with Gasteiger partial charge in [-0.05, 0) is 30.7 Å². The van der Waals surface area contributed by atoms with E-state index in [0.717, 1.165) is 5.56 Å². The number of hydrogen-bond donors (Lipinski definition) is 2. The van der Waals surface area contributed by atoms with Gasteiger partial charge in [0.05, 0.1) is 5.69 Å². The quantitative estimate of drug-likeness (QED) is 0.733. The standard InChI is InChI=1S/C11H10N2O3/c1-7-6-8(14)2-3-9(7)13-5-4-10(15)12-11(13)16/h2-6,14H,1H3,(H,12,15,16). The van der Waals surface area contributed by atoms with Gasteiger partial charge in [-0.2, -0.15) is 0 Å². The number of phenols is 1. The van der Waals surface area contributed by atoms with Gasteiger partial charge in [-0.15, -0.1) is 0 Å². The van der Waals surface area contributed by atoms with Crippen LogP contribution in [0.4, 0.5) is 0 Å². The molecule has 0 amide bonds. The number of nitrogens with one attached hydrogen (secondary N) is 1. The summed E-state index contributed by atoms with van der Waals surface area (Å²) in [6.45, 7) is 1.77. The number of nitrogens with zero attached hydrogens (tertiary/aromatic N) is 1. The van der Waals surface area contributed by atoms with Gasteiger partial charge in [0.1, 0.15) is 5.75 Å². The van der Waals surface area contributed by atoms with E-state index in [4.69, 9.17) is 0 Å². The zero-order chi connectivity index (χ0) is 11.7. The molecule has 2 aromatic rings. The molecule has 0 saturated carbocycles. The van der Waals surface area contributed by atoms with Crippen molar-refractivity contribution in [2.45, 2.75) is 6.92 Å². The highest BCUT2D eigenvalue weighted by atomic mass is 16.3. The first-order valence-corrected chi connectivity index (χ1v) is 4.70. The molecule has 5 heteroatoms. The summed E-state index contributed by atoms with van der Waals surface area (Å²) < 4.78 is 1.32. The Bertz CT molecular complexity index is 640. The third kappa shape index (κ3) is 1.75. The van der Waals surface area contributed by atoms with Crippen LogP contribution in [0.25, 0.3) is 5.69 Å². The van der Waals surface area contributed by atoms with Crippen LogP contribution in [0, 0.1) is 6.92 Å². The maximum absolute atomic E-state index is 11.5. The summed E-state index contributed by atoms with van der Waals surface area (Å²) in [5.41, 5.74) is 0.437. The van der Waals surface area contributed by atoms with Crippen LogP contribution in [0.2, 0.25) is 0 Å². The van der Waals surface area contributed by atoms with E-state index in [-0.39, 0.29) is 5.75 Å². The van der Waals surface area contributed by atoms with E-state index in [1.54, 1.807) is 19.1 Å². The van der Waals surface area contributed by atoms with Crippen molar-refractivity contribution in [1.29, 1.82) is 0 Å². The summed E-state index contributed by atoms with van der Waals surface area (Å²) in [5.74, 6) is 0.138. The molecule has 0 unspecified atom stereocenters. The van der Waals surface area contributed by atoms with Gasteiger partial charge in [-0.3, -0.25) is 14.3 Å². The Morgan fingerprint density at radius 2 is 2.00 bits per heavy atom. The highest BCUT2D eigenvalue weighted by molar-refractivity contribution is 5.44. The monoisotopic (exact) mass is 218 g/mol. The van der Waals surface area contributed by atoms with Crippen molar-refractivity contribution >= 4 is 0 Å². The second kappa shape index (κ2) is 3.69. The van der Waals surface area contributed by atoms with Gasteiger partial charge < -0.3 is 5.11 Å². The number of aryl methyl sites for hydroxylation is 1. The average molecular weight is 218 g/mol. The Morgan fingerprint density at radius 1 is 1.25 bits per heavy atom. The minimum absolute atomic E-state index is 0.138. The second-order valence-electron chi connectivity index (χ2n) is 3.45. The summed E-state index contributed by atoms with van der Waals surface area (Å²) in [4.78, 5) is 24.6. The normalized spacial score (nSPS) is 10.3. The third-order valence-corrected chi connectivity index (χ3v) is 2.26. The maximum atomic E-state index is 11.5. The molecule has 0 saturated heterocycles. The average Bonchev–Trinajstić information content (AvgIpc) is 2.19. The molecule has 0 fully saturated rings. The summed E-state index contributed by atoms with van der Waals surface area (Å²) >= 11 is 0. The van der Waals surface area contributed by atoms with Crippen molar-refractivity contribution in [3.05, 3.63) is 56.9 Å². The molecule has 1 aromatic heterocycles. The second-order valence-corrected chi connectivity index (χ2v) is 3.45. The van der Waals surface area contributed by atoms with Gasteiger partial charge in [0.15, 0.2) is 0 Å². The largest absolute Gasteiger partial charge is 0.508 e. The molecule has 0 aliphatic heterocycles. The molecule has 5 nitrogen and oxygen atoms in total. The van der Waals surface area contributed by atoms with E-state index in [0.29, 0.717) is 5.69 Å². The molecule has 2 N–H and O–H groups in total. The van der Waals surface area contributed by atoms with Gasteiger partial charge in [0.2, 0.25) is 0 Å². The first-order valence-electron chi connectivity index (χ1n) is 4.70. The van der Waals surface area contributed by atoms with Gasteiger partial charge in [-0.25, -0.2) is 4.79 Å². The van der Waals surface area contributed by atoms with Crippen molar-refractivity contribution in [2.75, 3.05) is 0 Å². The molecule has 0 aliphatic carbocycles. The van der Waals surface area contributed by atoms with Crippen LogP contribution in [-0.4, -0.2) is 14.7 Å². The Hall–Kier alpha value is -2.30. The fourth-order valence-electron chi connectivity index (χ4n) is 1.52. The Kier molecular flexibility index (Phi) is 2.36. The zero-order valence-corrected chi connectivity index (χ0v) is 8.60. The van der Waals surface area contributed by atoms with Crippen LogP contribution < -0.4 is 11.2 Å². The summed E-state index contributed by atoms with van der Waals surface area (Å²) in [6.07, 6.45) is 1.40. The Labute approximate surface area is 90.6 Å². The van der Waals surface area contributed by atoms with Crippen molar-refractivity contribution in [2.24, 2.45) is 0 Å². The number of aromatic nitrogens is 2. The lowest BCUT2D eigenvalue weighted by Gasteiger charge is -2.08. The lowest BCUT2D eigenvalue weighted by atomic mass is 10.2. The number of rotatable bonds is 1. The van der Waals surface area contributed by atoms with E-state index in [2.05, 4.69) is 4.98 Å². The zero-order valence-electron chi connectivity index (χ0n) is 8.60. The van der Waals surface area contributed by atoms with Crippen molar-refractivity contribution in [3.63, 3.8) is 0 Å². The molecule has 0 radical (unpaired) electrons. The first-order chi connectivity index (χ1) is 7.58. The fraction of sp³-hybridized carbons (Fsp3) is 0.0909. The predicted molar refractivity (Wildman–Crippen MR) is 59.1 cm³/mol. The number of aromatic hydroxyl groups is 1. The van der Waals surface area contributed by atoms with Crippen molar-refractivity contribution < 1.29 is 5.11 Å². The van der Waals surface area contributed by atoms with Crippen LogP contribution in [0.15, 0.2) is 40.1 Å².